The molecule has 3 aromatic rings. The summed E-state index contributed by atoms with van der Waals surface area (Å²) in [5.74, 6) is 1.14. The van der Waals surface area contributed by atoms with Crippen LogP contribution in [0, 0.1) is 11.3 Å². The van der Waals surface area contributed by atoms with Crippen molar-refractivity contribution in [2.24, 2.45) is 5.73 Å². The molecule has 30 heavy (non-hydrogen) atoms. The number of hydrogen-bond acceptors (Lipinski definition) is 6. The predicted molar refractivity (Wildman–Crippen MR) is 112 cm³/mol. The molecule has 1 aliphatic heterocycles. The molecule has 7 nitrogen and oxygen atoms in total. The van der Waals surface area contributed by atoms with Crippen LogP contribution in [0.3, 0.4) is 0 Å². The molecule has 1 aliphatic rings. The second kappa shape index (κ2) is 8.01. The van der Waals surface area contributed by atoms with Gasteiger partial charge in [0.2, 0.25) is 11.8 Å². The third-order valence-corrected chi connectivity index (χ3v) is 5.15. The fraction of sp³-hybridized carbons (Fsp3) is 0.182. The monoisotopic (exact) mass is 422 g/mol. The van der Waals surface area contributed by atoms with Crippen LogP contribution in [0.4, 0.5) is 0 Å². The maximum Gasteiger partial charge on any atom is 0.244 e. The SMILES string of the molecule is CCOc1ccc(-c2[nH]nc3c2[C@@H](c2ccc(Cl)cc2)C(C#N)=C(N)O3)cc1OC. The summed E-state index contributed by atoms with van der Waals surface area (Å²) >= 11 is 6.06. The molecule has 1 atom stereocenters. The second-order valence-corrected chi connectivity index (χ2v) is 7.03. The molecule has 2 aromatic carbocycles. The quantitative estimate of drug-likeness (QED) is 0.632. The maximum atomic E-state index is 9.79. The highest BCUT2D eigenvalue weighted by Gasteiger charge is 2.35. The van der Waals surface area contributed by atoms with Crippen molar-refractivity contribution in [3.63, 3.8) is 0 Å². The van der Waals surface area contributed by atoms with E-state index in [1.807, 2.05) is 37.3 Å². The Bertz CT molecular complexity index is 1160. The van der Waals surface area contributed by atoms with Crippen molar-refractivity contribution in [1.29, 1.82) is 5.26 Å². The number of benzene rings is 2. The highest BCUT2D eigenvalue weighted by atomic mass is 35.5. The molecule has 0 saturated carbocycles. The standard InChI is InChI=1S/C22H19ClN4O3/c1-3-29-16-9-6-13(10-17(16)28-2)20-19-18(12-4-7-14(23)8-5-12)15(11-24)21(25)30-22(19)27-26-20/h4-10,18H,3,25H2,1-2H3,(H,26,27)/t18-/m0/s1. The number of H-pyrrole nitrogens is 1. The Labute approximate surface area is 178 Å². The van der Waals surface area contributed by atoms with Gasteiger partial charge in [-0.3, -0.25) is 5.10 Å². The topological polar surface area (TPSA) is 106 Å². The second-order valence-electron chi connectivity index (χ2n) is 6.59. The summed E-state index contributed by atoms with van der Waals surface area (Å²) in [6.07, 6.45) is 0. The normalized spacial score (nSPS) is 15.2. The Kier molecular flexibility index (Phi) is 5.25. The number of allylic oxidation sites excluding steroid dienone is 1. The number of ether oxygens (including phenoxy) is 3. The van der Waals surface area contributed by atoms with E-state index in [9.17, 15) is 5.26 Å². The minimum atomic E-state index is -0.456. The largest absolute Gasteiger partial charge is 0.493 e. The van der Waals surface area contributed by atoms with Gasteiger partial charge in [-0.15, -0.1) is 5.10 Å². The Morgan fingerprint density at radius 2 is 2.00 bits per heavy atom. The van der Waals surface area contributed by atoms with Crippen LogP contribution < -0.4 is 19.9 Å². The van der Waals surface area contributed by atoms with E-state index in [0.29, 0.717) is 45.8 Å². The Morgan fingerprint density at radius 1 is 1.23 bits per heavy atom. The van der Waals surface area contributed by atoms with Crippen molar-refractivity contribution in [3.8, 4) is 34.7 Å². The number of rotatable bonds is 5. The highest BCUT2D eigenvalue weighted by molar-refractivity contribution is 6.30. The van der Waals surface area contributed by atoms with Crippen molar-refractivity contribution < 1.29 is 14.2 Å². The van der Waals surface area contributed by atoms with Gasteiger partial charge in [-0.1, -0.05) is 23.7 Å². The van der Waals surface area contributed by atoms with Crippen LogP contribution in [-0.2, 0) is 0 Å². The first-order valence-corrected chi connectivity index (χ1v) is 9.67. The van der Waals surface area contributed by atoms with Crippen LogP contribution >= 0.6 is 11.6 Å². The maximum absolute atomic E-state index is 9.79. The molecular formula is C22H19ClN4O3. The first-order valence-electron chi connectivity index (χ1n) is 9.29. The van der Waals surface area contributed by atoms with Crippen molar-refractivity contribution in [3.05, 3.63) is 70.1 Å². The first kappa shape index (κ1) is 19.7. The van der Waals surface area contributed by atoms with Crippen molar-refractivity contribution in [2.45, 2.75) is 12.8 Å². The van der Waals surface area contributed by atoms with Gasteiger partial charge in [-0.05, 0) is 42.8 Å². The fourth-order valence-electron chi connectivity index (χ4n) is 3.55. The van der Waals surface area contributed by atoms with Crippen molar-refractivity contribution in [1.82, 2.24) is 10.2 Å². The number of aromatic nitrogens is 2. The van der Waals surface area contributed by atoms with Gasteiger partial charge in [0.05, 0.1) is 30.9 Å². The van der Waals surface area contributed by atoms with Crippen LogP contribution in [-0.4, -0.2) is 23.9 Å². The van der Waals surface area contributed by atoms with Gasteiger partial charge < -0.3 is 19.9 Å². The molecule has 0 radical (unpaired) electrons. The van der Waals surface area contributed by atoms with Crippen LogP contribution in [0.5, 0.6) is 17.4 Å². The van der Waals surface area contributed by atoms with E-state index in [0.717, 1.165) is 11.1 Å². The van der Waals surface area contributed by atoms with E-state index < -0.39 is 5.92 Å². The number of fused-ring (bicyclic) bond motifs is 1. The highest BCUT2D eigenvalue weighted by Crippen LogP contribution is 2.46. The van der Waals surface area contributed by atoms with E-state index in [-0.39, 0.29) is 5.88 Å². The molecule has 3 N–H and O–H groups in total. The lowest BCUT2D eigenvalue weighted by molar-refractivity contribution is 0.311. The molecule has 0 aliphatic carbocycles. The number of nitrogens with zero attached hydrogens (tertiary/aromatic N) is 2. The number of aromatic amines is 1. The van der Waals surface area contributed by atoms with Crippen LogP contribution in [0.25, 0.3) is 11.3 Å². The molecule has 0 amide bonds. The third kappa shape index (κ3) is 3.31. The van der Waals surface area contributed by atoms with Crippen LogP contribution in [0.15, 0.2) is 53.9 Å². The number of halogens is 1. The van der Waals surface area contributed by atoms with Crippen molar-refractivity contribution in [2.75, 3.05) is 13.7 Å². The lowest BCUT2D eigenvalue weighted by atomic mass is 9.83. The van der Waals surface area contributed by atoms with E-state index >= 15 is 0 Å². The molecule has 0 unspecified atom stereocenters. The molecule has 0 saturated heterocycles. The summed E-state index contributed by atoms with van der Waals surface area (Å²) in [6, 6.07) is 15.0. The van der Waals surface area contributed by atoms with Crippen LogP contribution in [0.2, 0.25) is 5.02 Å². The lowest BCUT2D eigenvalue weighted by Gasteiger charge is -2.24. The molecule has 0 bridgehead atoms. The average molecular weight is 423 g/mol. The number of hydrogen-bond donors (Lipinski definition) is 2. The first-order chi connectivity index (χ1) is 14.6. The van der Waals surface area contributed by atoms with Gasteiger partial charge in [0.15, 0.2) is 11.5 Å². The average Bonchev–Trinajstić information content (AvgIpc) is 3.17. The van der Waals surface area contributed by atoms with E-state index in [4.69, 9.17) is 31.5 Å². The van der Waals surface area contributed by atoms with E-state index in [2.05, 4.69) is 16.3 Å². The van der Waals surface area contributed by atoms with Gasteiger partial charge >= 0.3 is 0 Å². The van der Waals surface area contributed by atoms with Crippen molar-refractivity contribution >= 4 is 11.6 Å². The van der Waals surface area contributed by atoms with Gasteiger partial charge in [-0.25, -0.2) is 0 Å². The molecule has 4 rings (SSSR count). The smallest absolute Gasteiger partial charge is 0.244 e. The number of nitrogens with two attached hydrogens (primary N) is 1. The zero-order valence-electron chi connectivity index (χ0n) is 16.4. The molecule has 0 fully saturated rings. The molecule has 1 aromatic heterocycles. The zero-order chi connectivity index (χ0) is 21.3. The summed E-state index contributed by atoms with van der Waals surface area (Å²) in [5.41, 5.74) is 9.42. The van der Waals surface area contributed by atoms with Gasteiger partial charge in [0.1, 0.15) is 11.6 Å². The summed E-state index contributed by atoms with van der Waals surface area (Å²) in [7, 11) is 1.58. The predicted octanol–water partition coefficient (Wildman–Crippen LogP) is 4.36. The molecule has 0 spiro atoms. The molecule has 2 heterocycles. The van der Waals surface area contributed by atoms with Gasteiger partial charge in [0.25, 0.3) is 0 Å². The minimum absolute atomic E-state index is 0.0345. The zero-order valence-corrected chi connectivity index (χ0v) is 17.2. The number of methoxy groups -OCH3 is 1. The lowest BCUT2D eigenvalue weighted by Crippen LogP contribution is -2.20. The third-order valence-electron chi connectivity index (χ3n) is 4.89. The minimum Gasteiger partial charge on any atom is -0.493 e. The molecular weight excluding hydrogens is 404 g/mol. The van der Waals surface area contributed by atoms with E-state index in [1.54, 1.807) is 19.2 Å². The summed E-state index contributed by atoms with van der Waals surface area (Å²) in [5, 5.41) is 17.7. The van der Waals surface area contributed by atoms with Gasteiger partial charge in [0, 0.05) is 10.6 Å². The fourth-order valence-corrected chi connectivity index (χ4v) is 3.68. The Hall–Kier alpha value is -3.63. The van der Waals surface area contributed by atoms with E-state index in [1.165, 1.54) is 0 Å². The molecule has 152 valence electrons. The number of nitriles is 1. The summed E-state index contributed by atoms with van der Waals surface area (Å²) < 4.78 is 16.7. The molecule has 8 heteroatoms. The van der Waals surface area contributed by atoms with Crippen LogP contribution in [0.1, 0.15) is 24.0 Å². The summed E-state index contributed by atoms with van der Waals surface area (Å²) in [6.45, 7) is 2.43. The number of nitrogens with one attached hydrogen (secondary N) is 1. The Balaban J connectivity index is 1.89. The van der Waals surface area contributed by atoms with Gasteiger partial charge in [-0.2, -0.15) is 5.26 Å². The summed E-state index contributed by atoms with van der Waals surface area (Å²) in [4.78, 5) is 0. The Morgan fingerprint density at radius 3 is 2.67 bits per heavy atom.